The summed E-state index contributed by atoms with van der Waals surface area (Å²) in [5.41, 5.74) is 4.53. The van der Waals surface area contributed by atoms with Gasteiger partial charge < -0.3 is 45.5 Å². The number of aryl methyl sites for hydroxylation is 2. The summed E-state index contributed by atoms with van der Waals surface area (Å²) in [6.07, 6.45) is 2.60. The Morgan fingerprint density at radius 1 is 0.861 bits per heavy atom. The molecule has 5 N–H and O–H groups in total. The lowest BCUT2D eigenvalue weighted by Crippen LogP contribution is -2.43. The molecule has 20 nitrogen and oxygen atoms in total. The van der Waals surface area contributed by atoms with Gasteiger partial charge in [-0.2, -0.15) is 0 Å². The number of aromatic nitrogens is 5. The van der Waals surface area contributed by atoms with E-state index in [1.54, 1.807) is 23.5 Å². The van der Waals surface area contributed by atoms with Crippen LogP contribution in [0.15, 0.2) is 72.0 Å². The number of methoxy groups -OCH3 is 1. The van der Waals surface area contributed by atoms with Gasteiger partial charge in [-0.15, -0.1) is 21.5 Å². The molecule has 418 valence electrons. The molecule has 2 aliphatic heterocycles. The number of ether oxygens (including phenoxy) is 4. The van der Waals surface area contributed by atoms with E-state index in [1.807, 2.05) is 40.7 Å². The number of hydrogen-bond acceptors (Lipinski definition) is 16. The number of hydrogen-bond donors (Lipinski definition) is 5. The van der Waals surface area contributed by atoms with Crippen molar-refractivity contribution in [1.29, 1.82) is 0 Å². The van der Waals surface area contributed by atoms with Crippen molar-refractivity contribution in [1.82, 2.24) is 45.6 Å². The Balaban J connectivity index is 0.720. The number of thiophene rings is 1. The minimum atomic E-state index is -1.00. The number of aliphatic imine (C=N–C) groups is 1. The molecule has 1 fully saturated rings. The van der Waals surface area contributed by atoms with Crippen molar-refractivity contribution in [2.24, 2.45) is 4.99 Å². The van der Waals surface area contributed by atoms with Gasteiger partial charge in [0.1, 0.15) is 52.2 Å². The van der Waals surface area contributed by atoms with Crippen LogP contribution in [-0.2, 0) is 33.4 Å². The lowest BCUT2D eigenvalue weighted by atomic mass is 9.99. The normalized spacial score (nSPS) is 15.0. The number of anilines is 3. The molecule has 0 radical (unpaired) electrons. The number of halogens is 4. The number of likely N-dealkylation sites (tertiary alicyclic amines) is 1. The van der Waals surface area contributed by atoms with E-state index in [0.29, 0.717) is 52.7 Å². The quantitative estimate of drug-likeness (QED) is 0.0204. The zero-order chi connectivity index (χ0) is 56.2. The van der Waals surface area contributed by atoms with Gasteiger partial charge in [-0.05, 0) is 76.1 Å². The van der Waals surface area contributed by atoms with Crippen LogP contribution in [0.5, 0.6) is 5.75 Å². The van der Waals surface area contributed by atoms with Gasteiger partial charge in [-0.1, -0.05) is 41.9 Å². The third kappa shape index (κ3) is 14.4. The van der Waals surface area contributed by atoms with E-state index in [-0.39, 0.29) is 119 Å². The first kappa shape index (κ1) is 58.2. The summed E-state index contributed by atoms with van der Waals surface area (Å²) in [6, 6.07) is 11.7. The Morgan fingerprint density at radius 2 is 1.62 bits per heavy atom. The fraction of sp³-hybridized carbons (Fsp3) is 0.389. The molecule has 6 aromatic rings. The molecule has 2 aliphatic rings. The zero-order valence-electron chi connectivity index (χ0n) is 44.0. The van der Waals surface area contributed by atoms with Crippen LogP contribution >= 0.6 is 34.5 Å². The number of fused-ring (bicyclic) bond motifs is 4. The molecular weight excluding hydrogens is 1090 g/mol. The Bertz CT molecular complexity index is 3250. The van der Waals surface area contributed by atoms with Crippen molar-refractivity contribution in [3.63, 3.8) is 0 Å². The minimum absolute atomic E-state index is 0.0473. The molecular formula is C54H60Cl2F2N12O8S. The molecule has 4 amide bonds. The molecule has 8 rings (SSSR count). The second-order valence-electron chi connectivity index (χ2n) is 18.5. The number of carbonyl (C=O) groups excluding carboxylic acids is 4. The topological polar surface area (TPSA) is 237 Å². The predicted molar refractivity (Wildman–Crippen MR) is 297 cm³/mol. The average Bonchev–Trinajstić information content (AvgIpc) is 4.31. The Labute approximate surface area is 468 Å². The largest absolute Gasteiger partial charge is 0.489 e. The standard InChI is InChI=1S/C54H60Cl2F2N12O8S/c1-30(28-69-18-6-7-42(69)53(74)66-40-25-36-39(26-43(40)78-24-21-75-5)62-29-63-50(36)65-38-13-12-37(57)47(56)48(38)58)52(73)61-16-15-59-44(71)14-19-76-22-23-77-20-17-60-45(72)27-41-51-68-67-33(4)70(51)54-46(31(2)32(3)79-54)49(64-41)34-8-10-35(55)11-9-34/h8-13,25-26,29,41-42H,1,6-7,14-24,27-28H2,2-5H3,(H,59,71)(H,60,72)(H,61,73)(H,66,74)(H,62,63,65)/t41-,42-/m0/s1. The monoisotopic (exact) mass is 1140 g/mol. The van der Waals surface area contributed by atoms with Gasteiger partial charge in [-0.3, -0.25) is 33.6 Å². The van der Waals surface area contributed by atoms with Gasteiger partial charge in [-0.25, -0.2) is 18.7 Å². The number of nitrogens with one attached hydrogen (secondary N) is 5. The molecule has 0 saturated carbocycles. The lowest BCUT2D eigenvalue weighted by molar-refractivity contribution is -0.123. The summed E-state index contributed by atoms with van der Waals surface area (Å²) in [6.45, 7) is 12.5. The molecule has 5 heterocycles. The highest BCUT2D eigenvalue weighted by molar-refractivity contribution is 7.15. The van der Waals surface area contributed by atoms with E-state index in [1.165, 1.54) is 19.5 Å². The Morgan fingerprint density at radius 3 is 2.41 bits per heavy atom. The fourth-order valence-electron chi connectivity index (χ4n) is 8.95. The summed E-state index contributed by atoms with van der Waals surface area (Å²) in [5, 5.41) is 24.3. The second kappa shape index (κ2) is 27.3. The maximum absolute atomic E-state index is 14.9. The summed E-state index contributed by atoms with van der Waals surface area (Å²) in [7, 11) is 1.53. The third-order valence-electron chi connectivity index (χ3n) is 13.1. The number of rotatable bonds is 26. The van der Waals surface area contributed by atoms with Crippen LogP contribution in [0.25, 0.3) is 15.9 Å². The fourth-order valence-corrected chi connectivity index (χ4v) is 10.5. The van der Waals surface area contributed by atoms with Crippen molar-refractivity contribution in [2.75, 3.05) is 90.1 Å². The van der Waals surface area contributed by atoms with E-state index in [0.717, 1.165) is 38.3 Å². The van der Waals surface area contributed by atoms with Gasteiger partial charge in [0.25, 0.3) is 0 Å². The lowest BCUT2D eigenvalue weighted by Gasteiger charge is -2.25. The zero-order valence-corrected chi connectivity index (χ0v) is 46.3. The van der Waals surface area contributed by atoms with Crippen LogP contribution in [0.3, 0.4) is 0 Å². The maximum Gasteiger partial charge on any atom is 0.247 e. The number of carbonyl (C=O) groups is 4. The van der Waals surface area contributed by atoms with Crippen molar-refractivity contribution in [3.05, 3.63) is 122 Å². The van der Waals surface area contributed by atoms with E-state index in [4.69, 9.17) is 47.1 Å². The molecule has 0 bridgehead atoms. The third-order valence-corrected chi connectivity index (χ3v) is 14.9. The van der Waals surface area contributed by atoms with E-state index >= 15 is 0 Å². The molecule has 0 unspecified atom stereocenters. The van der Waals surface area contributed by atoms with Crippen molar-refractivity contribution in [3.8, 4) is 10.8 Å². The predicted octanol–water partition coefficient (Wildman–Crippen LogP) is 7.26. The summed E-state index contributed by atoms with van der Waals surface area (Å²) in [4.78, 5) is 69.5. The highest BCUT2D eigenvalue weighted by Crippen LogP contribution is 2.40. The van der Waals surface area contributed by atoms with Gasteiger partial charge >= 0.3 is 0 Å². The summed E-state index contributed by atoms with van der Waals surface area (Å²) < 4.78 is 53.1. The molecule has 1 saturated heterocycles. The van der Waals surface area contributed by atoms with Gasteiger partial charge in [0.05, 0.1) is 68.1 Å². The minimum Gasteiger partial charge on any atom is -0.489 e. The second-order valence-corrected chi connectivity index (χ2v) is 20.6. The smallest absolute Gasteiger partial charge is 0.247 e. The molecule has 3 aromatic carbocycles. The highest BCUT2D eigenvalue weighted by atomic mass is 35.5. The Kier molecular flexibility index (Phi) is 20.1. The number of nitrogens with zero attached hydrogens (tertiary/aromatic N) is 7. The molecule has 25 heteroatoms. The SMILES string of the molecule is C=C(CN1CCC[C@H]1C(=O)Nc1cc2c(Nc3ccc(F)c(Cl)c3F)ncnc2cc1OCCOC)C(=O)NCCNC(=O)CCOCCOCCNC(=O)C[C@@H]1N=C(c2ccc(Cl)cc2)c2c(sc(C)c2C)-n2c(C)nnc21. The first-order chi connectivity index (χ1) is 38.1. The number of amides is 4. The average molecular weight is 1150 g/mol. The summed E-state index contributed by atoms with van der Waals surface area (Å²) >= 11 is 13.7. The Hall–Kier alpha value is -6.99. The van der Waals surface area contributed by atoms with Gasteiger partial charge in [0.2, 0.25) is 23.6 Å². The molecule has 79 heavy (non-hydrogen) atoms. The van der Waals surface area contributed by atoms with Crippen LogP contribution < -0.4 is 31.3 Å². The van der Waals surface area contributed by atoms with E-state index in [2.05, 4.69) is 67.2 Å². The number of benzene rings is 3. The first-order valence-corrected chi connectivity index (χ1v) is 27.1. The van der Waals surface area contributed by atoms with Crippen LogP contribution in [0, 0.1) is 32.4 Å². The maximum atomic E-state index is 14.9. The van der Waals surface area contributed by atoms with E-state index < -0.39 is 34.6 Å². The molecule has 3 aromatic heterocycles. The van der Waals surface area contributed by atoms with Crippen molar-refractivity contribution >= 4 is 92.0 Å². The molecule has 2 atom stereocenters. The summed E-state index contributed by atoms with van der Waals surface area (Å²) in [5.74, 6) is -1.44. The first-order valence-electron chi connectivity index (χ1n) is 25.5. The van der Waals surface area contributed by atoms with Crippen LogP contribution in [0.4, 0.5) is 26.0 Å². The molecule has 0 aliphatic carbocycles. The van der Waals surface area contributed by atoms with Gasteiger partial charge in [0, 0.05) is 77.8 Å². The van der Waals surface area contributed by atoms with Crippen LogP contribution in [0.2, 0.25) is 10.0 Å². The van der Waals surface area contributed by atoms with Crippen molar-refractivity contribution < 1.29 is 46.9 Å². The van der Waals surface area contributed by atoms with E-state index in [9.17, 15) is 28.0 Å². The van der Waals surface area contributed by atoms with Crippen LogP contribution in [-0.4, -0.2) is 144 Å². The molecule has 0 spiro atoms. The van der Waals surface area contributed by atoms with Crippen molar-refractivity contribution in [2.45, 2.75) is 58.5 Å². The highest BCUT2D eigenvalue weighted by Gasteiger charge is 2.34. The van der Waals surface area contributed by atoms with Gasteiger partial charge in [0.15, 0.2) is 11.6 Å². The van der Waals surface area contributed by atoms with Crippen LogP contribution in [0.1, 0.15) is 64.9 Å².